The first-order chi connectivity index (χ1) is 6.72. The molecular formula is C10H12O3S. The summed E-state index contributed by atoms with van der Waals surface area (Å²) in [6.07, 6.45) is 3.18. The molecule has 1 N–H and O–H groups in total. The number of carboxylic acid groups (broad SMARTS) is 1. The summed E-state index contributed by atoms with van der Waals surface area (Å²) in [5, 5.41) is 8.86. The van der Waals surface area contributed by atoms with Crippen LogP contribution in [0.25, 0.3) is 0 Å². The number of thiophene rings is 1. The van der Waals surface area contributed by atoms with Crippen molar-refractivity contribution in [3.63, 3.8) is 0 Å². The SMILES string of the molecule is COC1CCCc2sc(C(=O)O)cc21. The number of carboxylic acids is 1. The summed E-state index contributed by atoms with van der Waals surface area (Å²) in [6.45, 7) is 0. The van der Waals surface area contributed by atoms with Gasteiger partial charge in [-0.3, -0.25) is 0 Å². The highest BCUT2D eigenvalue weighted by Crippen LogP contribution is 2.37. The lowest BCUT2D eigenvalue weighted by Crippen LogP contribution is -2.08. The Bertz CT molecular complexity index is 356. The zero-order valence-corrected chi connectivity index (χ0v) is 8.76. The summed E-state index contributed by atoms with van der Waals surface area (Å²) in [7, 11) is 1.68. The fourth-order valence-electron chi connectivity index (χ4n) is 1.86. The standard InChI is InChI=1S/C10H12O3S/c1-13-7-3-2-4-8-6(7)5-9(14-8)10(11)12/h5,7H,2-4H2,1H3,(H,11,12). The number of methoxy groups -OCH3 is 1. The van der Waals surface area contributed by atoms with Crippen molar-refractivity contribution in [1.29, 1.82) is 0 Å². The van der Waals surface area contributed by atoms with E-state index < -0.39 is 5.97 Å². The van der Waals surface area contributed by atoms with Gasteiger partial charge in [0.2, 0.25) is 0 Å². The second-order valence-electron chi connectivity index (χ2n) is 3.41. The van der Waals surface area contributed by atoms with Crippen LogP contribution in [-0.4, -0.2) is 18.2 Å². The predicted molar refractivity (Wildman–Crippen MR) is 54.0 cm³/mol. The molecule has 2 rings (SSSR count). The molecule has 0 aliphatic heterocycles. The van der Waals surface area contributed by atoms with Gasteiger partial charge in [0.15, 0.2) is 0 Å². The highest BCUT2D eigenvalue weighted by molar-refractivity contribution is 7.14. The van der Waals surface area contributed by atoms with E-state index >= 15 is 0 Å². The summed E-state index contributed by atoms with van der Waals surface area (Å²) in [4.78, 5) is 12.4. The van der Waals surface area contributed by atoms with Crippen LogP contribution >= 0.6 is 11.3 Å². The van der Waals surface area contributed by atoms with Crippen LogP contribution in [0.5, 0.6) is 0 Å². The molecule has 76 valence electrons. The van der Waals surface area contributed by atoms with Gasteiger partial charge in [-0.05, 0) is 30.9 Å². The summed E-state index contributed by atoms with van der Waals surface area (Å²) in [5.74, 6) is -0.834. The van der Waals surface area contributed by atoms with Crippen molar-refractivity contribution >= 4 is 17.3 Å². The number of hydrogen-bond donors (Lipinski definition) is 1. The van der Waals surface area contributed by atoms with Gasteiger partial charge in [0.25, 0.3) is 0 Å². The molecule has 0 fully saturated rings. The molecule has 1 atom stereocenters. The van der Waals surface area contributed by atoms with Crippen molar-refractivity contribution < 1.29 is 14.6 Å². The summed E-state index contributed by atoms with van der Waals surface area (Å²) < 4.78 is 5.32. The van der Waals surface area contributed by atoms with Crippen molar-refractivity contribution in [2.75, 3.05) is 7.11 Å². The molecule has 1 aliphatic carbocycles. The van der Waals surface area contributed by atoms with Gasteiger partial charge in [0, 0.05) is 12.0 Å². The van der Waals surface area contributed by atoms with E-state index in [2.05, 4.69) is 0 Å². The summed E-state index contributed by atoms with van der Waals surface area (Å²) in [6, 6.07) is 1.76. The van der Waals surface area contributed by atoms with Gasteiger partial charge < -0.3 is 9.84 Å². The Morgan fingerprint density at radius 2 is 2.50 bits per heavy atom. The van der Waals surface area contributed by atoms with E-state index in [4.69, 9.17) is 9.84 Å². The largest absolute Gasteiger partial charge is 0.477 e. The lowest BCUT2D eigenvalue weighted by Gasteiger charge is -2.20. The van der Waals surface area contributed by atoms with Gasteiger partial charge in [0.05, 0.1) is 6.10 Å². The molecule has 4 heteroatoms. The average Bonchev–Trinajstić information content (AvgIpc) is 2.60. The van der Waals surface area contributed by atoms with Crippen molar-refractivity contribution in [2.45, 2.75) is 25.4 Å². The molecule has 0 aromatic carbocycles. The van der Waals surface area contributed by atoms with Crippen molar-refractivity contribution in [1.82, 2.24) is 0 Å². The molecule has 1 aromatic rings. The van der Waals surface area contributed by atoms with Gasteiger partial charge in [-0.15, -0.1) is 11.3 Å². The van der Waals surface area contributed by atoms with Crippen LogP contribution in [0.1, 0.15) is 39.1 Å². The first kappa shape index (κ1) is 9.68. The Balaban J connectivity index is 2.38. The van der Waals surface area contributed by atoms with E-state index in [-0.39, 0.29) is 6.10 Å². The molecule has 0 spiro atoms. The third kappa shape index (κ3) is 1.55. The second kappa shape index (κ2) is 3.71. The third-order valence-electron chi connectivity index (χ3n) is 2.55. The monoisotopic (exact) mass is 212 g/mol. The van der Waals surface area contributed by atoms with Gasteiger partial charge in [0.1, 0.15) is 4.88 Å². The zero-order valence-electron chi connectivity index (χ0n) is 7.95. The predicted octanol–water partition coefficient (Wildman–Crippen LogP) is 2.47. The van der Waals surface area contributed by atoms with Crippen LogP contribution in [0.2, 0.25) is 0 Å². The topological polar surface area (TPSA) is 46.5 Å². The first-order valence-electron chi connectivity index (χ1n) is 4.61. The minimum absolute atomic E-state index is 0.100. The number of hydrogen-bond acceptors (Lipinski definition) is 3. The molecule has 0 saturated heterocycles. The number of aromatic carboxylic acids is 1. The first-order valence-corrected chi connectivity index (χ1v) is 5.42. The van der Waals surface area contributed by atoms with Crippen molar-refractivity contribution in [2.24, 2.45) is 0 Å². The molecule has 1 heterocycles. The Hall–Kier alpha value is -0.870. The van der Waals surface area contributed by atoms with E-state index in [1.165, 1.54) is 16.2 Å². The van der Waals surface area contributed by atoms with E-state index in [0.717, 1.165) is 24.8 Å². The molecular weight excluding hydrogens is 200 g/mol. The van der Waals surface area contributed by atoms with Crippen LogP contribution < -0.4 is 0 Å². The molecule has 1 unspecified atom stereocenters. The zero-order chi connectivity index (χ0) is 10.1. The Kier molecular flexibility index (Phi) is 2.56. The minimum atomic E-state index is -0.834. The maximum Gasteiger partial charge on any atom is 0.345 e. The van der Waals surface area contributed by atoms with Crippen LogP contribution in [-0.2, 0) is 11.2 Å². The minimum Gasteiger partial charge on any atom is -0.477 e. The normalized spacial score (nSPS) is 20.5. The Morgan fingerprint density at radius 1 is 1.71 bits per heavy atom. The van der Waals surface area contributed by atoms with Crippen molar-refractivity contribution in [3.8, 4) is 0 Å². The molecule has 0 saturated carbocycles. The van der Waals surface area contributed by atoms with Gasteiger partial charge in [-0.1, -0.05) is 0 Å². The molecule has 1 aliphatic rings. The highest BCUT2D eigenvalue weighted by Gasteiger charge is 2.24. The quantitative estimate of drug-likeness (QED) is 0.819. The van der Waals surface area contributed by atoms with Crippen LogP contribution in [0.4, 0.5) is 0 Å². The van der Waals surface area contributed by atoms with E-state index in [1.807, 2.05) is 0 Å². The fourth-order valence-corrected chi connectivity index (χ4v) is 2.96. The van der Waals surface area contributed by atoms with Gasteiger partial charge >= 0.3 is 5.97 Å². The third-order valence-corrected chi connectivity index (χ3v) is 3.75. The van der Waals surface area contributed by atoms with Crippen LogP contribution in [0.3, 0.4) is 0 Å². The smallest absolute Gasteiger partial charge is 0.345 e. The van der Waals surface area contributed by atoms with E-state index in [0.29, 0.717) is 4.88 Å². The average molecular weight is 212 g/mol. The lowest BCUT2D eigenvalue weighted by molar-refractivity contribution is 0.0701. The maximum atomic E-state index is 10.8. The van der Waals surface area contributed by atoms with Crippen LogP contribution in [0.15, 0.2) is 6.07 Å². The highest BCUT2D eigenvalue weighted by atomic mass is 32.1. The second-order valence-corrected chi connectivity index (χ2v) is 4.55. The number of aryl methyl sites for hydroxylation is 1. The van der Waals surface area contributed by atoms with Crippen LogP contribution in [0, 0.1) is 0 Å². The maximum absolute atomic E-state index is 10.8. The molecule has 0 bridgehead atoms. The molecule has 3 nitrogen and oxygen atoms in total. The van der Waals surface area contributed by atoms with Crippen molar-refractivity contribution in [3.05, 3.63) is 21.4 Å². The van der Waals surface area contributed by atoms with E-state index in [1.54, 1.807) is 13.2 Å². The summed E-state index contributed by atoms with van der Waals surface area (Å²) >= 11 is 1.38. The van der Waals surface area contributed by atoms with Gasteiger partial charge in [-0.25, -0.2) is 4.79 Å². The Morgan fingerprint density at radius 3 is 3.14 bits per heavy atom. The van der Waals surface area contributed by atoms with Gasteiger partial charge in [-0.2, -0.15) is 0 Å². The Labute approximate surface area is 86.3 Å². The number of rotatable bonds is 2. The number of ether oxygens (including phenoxy) is 1. The fraction of sp³-hybridized carbons (Fsp3) is 0.500. The molecule has 0 radical (unpaired) electrons. The number of carbonyl (C=O) groups is 1. The molecule has 1 aromatic heterocycles. The lowest BCUT2D eigenvalue weighted by atomic mass is 9.96. The number of fused-ring (bicyclic) bond motifs is 1. The van der Waals surface area contributed by atoms with E-state index in [9.17, 15) is 4.79 Å². The molecule has 14 heavy (non-hydrogen) atoms. The molecule has 0 amide bonds. The summed E-state index contributed by atoms with van der Waals surface area (Å²) in [5.41, 5.74) is 1.08.